The van der Waals surface area contributed by atoms with E-state index in [0.717, 1.165) is 25.7 Å². The van der Waals surface area contributed by atoms with E-state index in [0.29, 0.717) is 5.56 Å². The number of rotatable bonds is 6. The summed E-state index contributed by atoms with van der Waals surface area (Å²) in [6.07, 6.45) is 8.37. The van der Waals surface area contributed by atoms with Crippen LogP contribution in [0, 0.1) is 5.82 Å². The van der Waals surface area contributed by atoms with Gasteiger partial charge in [0.2, 0.25) is 5.91 Å². The minimum Gasteiger partial charge on any atom is -0.459 e. The fourth-order valence-corrected chi connectivity index (χ4v) is 4.03. The number of anilines is 1. The summed E-state index contributed by atoms with van der Waals surface area (Å²) in [6, 6.07) is 9.38. The number of aromatic nitrogens is 1. The van der Waals surface area contributed by atoms with E-state index >= 15 is 0 Å². The molecule has 0 spiro atoms. The predicted molar refractivity (Wildman–Crippen MR) is 114 cm³/mol. The molecule has 3 aromatic rings. The number of carbonyl (C=O) groups excluding carboxylic acids is 2. The van der Waals surface area contributed by atoms with E-state index in [-0.39, 0.29) is 28.4 Å². The van der Waals surface area contributed by atoms with Crippen molar-refractivity contribution >= 4 is 29.1 Å². The van der Waals surface area contributed by atoms with Gasteiger partial charge in [0, 0.05) is 24.1 Å². The number of hydrogen-bond donors (Lipinski definition) is 1. The third kappa shape index (κ3) is 4.61. The summed E-state index contributed by atoms with van der Waals surface area (Å²) < 4.78 is 19.2. The van der Waals surface area contributed by atoms with Gasteiger partial charge in [0.1, 0.15) is 11.9 Å². The van der Waals surface area contributed by atoms with Crippen molar-refractivity contribution in [1.82, 2.24) is 10.3 Å². The Morgan fingerprint density at radius 3 is 2.55 bits per heavy atom. The number of pyridine rings is 1. The summed E-state index contributed by atoms with van der Waals surface area (Å²) in [5.74, 6) is -1.45. The Balaban J connectivity index is 1.81. The molecule has 0 radical (unpaired) electrons. The van der Waals surface area contributed by atoms with Crippen molar-refractivity contribution in [3.05, 3.63) is 83.3 Å². The highest BCUT2D eigenvalue weighted by atomic mass is 35.5. The first-order valence-electron chi connectivity index (χ1n) is 10.1. The fraction of sp³-hybridized carbons (Fsp3) is 0.261. The molecule has 1 atom stereocenters. The Kier molecular flexibility index (Phi) is 6.32. The molecule has 0 bridgehead atoms. The second kappa shape index (κ2) is 9.31. The van der Waals surface area contributed by atoms with Gasteiger partial charge in [0.15, 0.2) is 5.76 Å². The zero-order chi connectivity index (χ0) is 21.8. The van der Waals surface area contributed by atoms with Gasteiger partial charge < -0.3 is 9.73 Å². The number of furan rings is 1. The Labute approximate surface area is 184 Å². The quantitative estimate of drug-likeness (QED) is 0.589. The van der Waals surface area contributed by atoms with Crippen LogP contribution in [0.4, 0.5) is 10.1 Å². The molecule has 31 heavy (non-hydrogen) atoms. The third-order valence-electron chi connectivity index (χ3n) is 5.36. The molecule has 8 heteroatoms. The van der Waals surface area contributed by atoms with Crippen LogP contribution in [0.15, 0.2) is 65.5 Å². The van der Waals surface area contributed by atoms with Gasteiger partial charge in [-0.2, -0.15) is 0 Å². The summed E-state index contributed by atoms with van der Waals surface area (Å²) in [5.41, 5.74) is 0.835. The van der Waals surface area contributed by atoms with Crippen LogP contribution in [0.25, 0.3) is 0 Å². The molecule has 1 saturated carbocycles. The van der Waals surface area contributed by atoms with E-state index in [9.17, 15) is 14.0 Å². The van der Waals surface area contributed by atoms with Crippen molar-refractivity contribution in [3.8, 4) is 0 Å². The fourth-order valence-electron chi connectivity index (χ4n) is 3.85. The molecular weight excluding hydrogens is 421 g/mol. The van der Waals surface area contributed by atoms with Gasteiger partial charge in [-0.1, -0.05) is 24.4 Å². The highest BCUT2D eigenvalue weighted by Crippen LogP contribution is 2.33. The van der Waals surface area contributed by atoms with Crippen LogP contribution in [0.3, 0.4) is 0 Å². The lowest BCUT2D eigenvalue weighted by Crippen LogP contribution is -2.46. The van der Waals surface area contributed by atoms with Gasteiger partial charge in [-0.25, -0.2) is 4.39 Å². The highest BCUT2D eigenvalue weighted by Gasteiger charge is 2.36. The number of amides is 2. The molecule has 1 N–H and O–H groups in total. The molecule has 2 amide bonds. The van der Waals surface area contributed by atoms with E-state index in [4.69, 9.17) is 16.0 Å². The number of nitrogens with one attached hydrogen (secondary N) is 1. The van der Waals surface area contributed by atoms with Gasteiger partial charge in [0.25, 0.3) is 5.91 Å². The lowest BCUT2D eigenvalue weighted by molar-refractivity contribution is -0.123. The molecular formula is C23H21ClFN3O3. The van der Waals surface area contributed by atoms with Gasteiger partial charge in [-0.15, -0.1) is 0 Å². The molecule has 1 unspecified atom stereocenters. The average molecular weight is 442 g/mol. The topological polar surface area (TPSA) is 75.4 Å². The summed E-state index contributed by atoms with van der Waals surface area (Å²) in [5, 5.41) is 2.91. The van der Waals surface area contributed by atoms with Crippen molar-refractivity contribution in [2.45, 2.75) is 37.8 Å². The molecule has 1 aromatic carbocycles. The van der Waals surface area contributed by atoms with E-state index in [1.54, 1.807) is 30.6 Å². The lowest BCUT2D eigenvalue weighted by Gasteiger charge is -2.31. The summed E-state index contributed by atoms with van der Waals surface area (Å²) in [6.45, 7) is 0. The number of benzene rings is 1. The monoisotopic (exact) mass is 441 g/mol. The van der Waals surface area contributed by atoms with Gasteiger partial charge in [-0.3, -0.25) is 19.5 Å². The molecule has 2 heterocycles. The minimum atomic E-state index is -1.03. The van der Waals surface area contributed by atoms with Crippen LogP contribution in [0.1, 0.15) is 47.8 Å². The SMILES string of the molecule is O=C(NC1CCCC1)C(c1ccncc1)N(C(=O)c1ccco1)c1ccc(F)c(Cl)c1. The Hall–Kier alpha value is -3.19. The van der Waals surface area contributed by atoms with Crippen LogP contribution in [0.2, 0.25) is 5.02 Å². The maximum absolute atomic E-state index is 13.8. The highest BCUT2D eigenvalue weighted by molar-refractivity contribution is 6.31. The summed E-state index contributed by atoms with van der Waals surface area (Å²) >= 11 is 6.01. The molecule has 160 valence electrons. The van der Waals surface area contributed by atoms with Gasteiger partial charge in [0.05, 0.1) is 11.3 Å². The largest absolute Gasteiger partial charge is 0.459 e. The summed E-state index contributed by atoms with van der Waals surface area (Å²) in [7, 11) is 0. The zero-order valence-corrected chi connectivity index (χ0v) is 17.4. The third-order valence-corrected chi connectivity index (χ3v) is 5.65. The molecule has 1 aliphatic rings. The smallest absolute Gasteiger partial charge is 0.294 e. The van der Waals surface area contributed by atoms with Crippen LogP contribution in [0.5, 0.6) is 0 Å². The Morgan fingerprint density at radius 2 is 1.90 bits per heavy atom. The maximum atomic E-state index is 13.8. The van der Waals surface area contributed by atoms with Crippen LogP contribution < -0.4 is 10.2 Å². The van der Waals surface area contributed by atoms with Gasteiger partial charge in [-0.05, 0) is 60.9 Å². The standard InChI is InChI=1S/C23H21ClFN3O3/c24-18-14-17(7-8-19(18)25)28(23(30)20-6-3-13-31-20)21(15-9-11-26-12-10-15)22(29)27-16-4-1-2-5-16/h3,6-14,16,21H,1-2,4-5H2,(H,27,29). The molecule has 1 fully saturated rings. The van der Waals surface area contributed by atoms with Gasteiger partial charge >= 0.3 is 0 Å². The molecule has 4 rings (SSSR count). The first-order chi connectivity index (χ1) is 15.0. The zero-order valence-electron chi connectivity index (χ0n) is 16.6. The molecule has 2 aromatic heterocycles. The van der Waals surface area contributed by atoms with Crippen LogP contribution in [-0.2, 0) is 4.79 Å². The maximum Gasteiger partial charge on any atom is 0.294 e. The minimum absolute atomic E-state index is 0.0492. The van der Waals surface area contributed by atoms with Crippen LogP contribution in [-0.4, -0.2) is 22.8 Å². The second-order valence-corrected chi connectivity index (χ2v) is 7.83. The normalized spacial score (nSPS) is 14.9. The van der Waals surface area contributed by atoms with Crippen LogP contribution >= 0.6 is 11.6 Å². The van der Waals surface area contributed by atoms with Crippen molar-refractivity contribution in [2.75, 3.05) is 4.90 Å². The number of nitrogens with zero attached hydrogens (tertiary/aromatic N) is 2. The summed E-state index contributed by atoms with van der Waals surface area (Å²) in [4.78, 5) is 32.2. The van der Waals surface area contributed by atoms with Crippen molar-refractivity contribution in [2.24, 2.45) is 0 Å². The van der Waals surface area contributed by atoms with Crippen molar-refractivity contribution in [3.63, 3.8) is 0 Å². The number of carbonyl (C=O) groups is 2. The van der Waals surface area contributed by atoms with E-state index in [1.165, 1.54) is 35.4 Å². The molecule has 0 aliphatic heterocycles. The predicted octanol–water partition coefficient (Wildman–Crippen LogP) is 4.91. The second-order valence-electron chi connectivity index (χ2n) is 7.42. The Morgan fingerprint density at radius 1 is 1.16 bits per heavy atom. The number of hydrogen-bond acceptors (Lipinski definition) is 4. The van der Waals surface area contributed by atoms with E-state index < -0.39 is 17.8 Å². The van der Waals surface area contributed by atoms with E-state index in [1.807, 2.05) is 0 Å². The average Bonchev–Trinajstić information content (AvgIpc) is 3.48. The first kappa shape index (κ1) is 21.1. The molecule has 0 saturated heterocycles. The first-order valence-corrected chi connectivity index (χ1v) is 10.4. The van der Waals surface area contributed by atoms with Crippen molar-refractivity contribution < 1.29 is 18.4 Å². The molecule has 1 aliphatic carbocycles. The Bertz CT molecular complexity index is 1050. The van der Waals surface area contributed by atoms with E-state index in [2.05, 4.69) is 10.3 Å². The number of halogens is 2. The lowest BCUT2D eigenvalue weighted by atomic mass is 10.0. The molecule has 6 nitrogen and oxygen atoms in total. The van der Waals surface area contributed by atoms with Crippen molar-refractivity contribution in [1.29, 1.82) is 0 Å².